The summed E-state index contributed by atoms with van der Waals surface area (Å²) in [5.41, 5.74) is 8.44. The number of benzene rings is 1. The number of hydrogen-bond donors (Lipinski definition) is 1. The molecule has 1 aromatic heterocycles. The second-order valence-corrected chi connectivity index (χ2v) is 6.06. The molecule has 4 heteroatoms. The first-order valence-electron chi connectivity index (χ1n) is 7.94. The summed E-state index contributed by atoms with van der Waals surface area (Å²) in [5, 5.41) is 0. The van der Waals surface area contributed by atoms with Crippen molar-refractivity contribution in [1.82, 2.24) is 9.88 Å². The maximum Gasteiger partial charge on any atom is 0.132 e. The van der Waals surface area contributed by atoms with E-state index in [-0.39, 0.29) is 0 Å². The van der Waals surface area contributed by atoms with E-state index in [0.29, 0.717) is 6.04 Å². The van der Waals surface area contributed by atoms with E-state index in [1.54, 1.807) is 0 Å². The summed E-state index contributed by atoms with van der Waals surface area (Å²) in [7, 11) is 2.04. The molecule has 1 aliphatic rings. The van der Waals surface area contributed by atoms with Gasteiger partial charge in [-0.2, -0.15) is 0 Å². The number of nitrogens with zero attached hydrogens (tertiary/aromatic N) is 3. The standard InChI is InChI=1S/C18H24N4/c1-21(17-7-3-2-4-8-17)18-10-9-15(12-20-18)13-22-11-5-6-16(19)14-22/h2-4,7-10,12,16H,5-6,11,13-14,19H2,1H3. The van der Waals surface area contributed by atoms with Gasteiger partial charge in [0.05, 0.1) is 0 Å². The molecule has 0 amide bonds. The van der Waals surface area contributed by atoms with E-state index < -0.39 is 0 Å². The van der Waals surface area contributed by atoms with Crippen LogP contribution in [0.15, 0.2) is 48.7 Å². The van der Waals surface area contributed by atoms with Crippen LogP contribution in [0.2, 0.25) is 0 Å². The Labute approximate surface area is 132 Å². The van der Waals surface area contributed by atoms with E-state index in [4.69, 9.17) is 5.73 Å². The molecule has 1 saturated heterocycles. The summed E-state index contributed by atoms with van der Waals surface area (Å²) in [6, 6.07) is 14.9. The van der Waals surface area contributed by atoms with E-state index in [0.717, 1.165) is 37.6 Å². The molecular formula is C18H24N4. The second-order valence-electron chi connectivity index (χ2n) is 6.06. The van der Waals surface area contributed by atoms with Crippen molar-refractivity contribution in [1.29, 1.82) is 0 Å². The Hall–Kier alpha value is -1.91. The topological polar surface area (TPSA) is 45.4 Å². The van der Waals surface area contributed by atoms with Gasteiger partial charge in [-0.3, -0.25) is 4.90 Å². The van der Waals surface area contributed by atoms with Crippen LogP contribution in [0, 0.1) is 0 Å². The van der Waals surface area contributed by atoms with Crippen molar-refractivity contribution in [3.63, 3.8) is 0 Å². The second kappa shape index (κ2) is 6.90. The molecule has 4 nitrogen and oxygen atoms in total. The first-order valence-corrected chi connectivity index (χ1v) is 7.94. The summed E-state index contributed by atoms with van der Waals surface area (Å²) in [5.74, 6) is 0.963. The average Bonchev–Trinajstić information content (AvgIpc) is 2.56. The lowest BCUT2D eigenvalue weighted by atomic mass is 10.1. The van der Waals surface area contributed by atoms with Gasteiger partial charge in [0.25, 0.3) is 0 Å². The molecule has 0 saturated carbocycles. The summed E-state index contributed by atoms with van der Waals surface area (Å²) < 4.78 is 0. The molecule has 1 fully saturated rings. The predicted molar refractivity (Wildman–Crippen MR) is 91.2 cm³/mol. The molecule has 2 aromatic rings. The Bertz CT molecular complexity index is 582. The maximum absolute atomic E-state index is 6.04. The van der Waals surface area contributed by atoms with Gasteiger partial charge in [0.2, 0.25) is 0 Å². The van der Waals surface area contributed by atoms with Gasteiger partial charge in [-0.25, -0.2) is 4.98 Å². The molecule has 0 spiro atoms. The van der Waals surface area contributed by atoms with Crippen LogP contribution in [-0.4, -0.2) is 36.1 Å². The molecular weight excluding hydrogens is 272 g/mol. The lowest BCUT2D eigenvalue weighted by Crippen LogP contribution is -2.42. The summed E-state index contributed by atoms with van der Waals surface area (Å²) in [6.45, 7) is 3.07. The molecule has 1 atom stereocenters. The number of para-hydroxylation sites is 1. The van der Waals surface area contributed by atoms with Gasteiger partial charge < -0.3 is 10.6 Å². The molecule has 116 valence electrons. The van der Waals surface area contributed by atoms with Crippen LogP contribution in [0.1, 0.15) is 18.4 Å². The van der Waals surface area contributed by atoms with Gasteiger partial charge >= 0.3 is 0 Å². The first kappa shape index (κ1) is 15.0. The molecule has 0 radical (unpaired) electrons. The van der Waals surface area contributed by atoms with Crippen LogP contribution in [0.4, 0.5) is 11.5 Å². The Balaban J connectivity index is 1.65. The smallest absolute Gasteiger partial charge is 0.132 e. The number of anilines is 2. The van der Waals surface area contributed by atoms with Crippen LogP contribution < -0.4 is 10.6 Å². The molecule has 2 N–H and O–H groups in total. The minimum atomic E-state index is 0.324. The van der Waals surface area contributed by atoms with Gasteiger partial charge in [-0.05, 0) is 43.1 Å². The minimum Gasteiger partial charge on any atom is -0.329 e. The number of likely N-dealkylation sites (tertiary alicyclic amines) is 1. The fraction of sp³-hybridized carbons (Fsp3) is 0.389. The van der Waals surface area contributed by atoms with E-state index in [2.05, 4.69) is 39.0 Å². The zero-order chi connectivity index (χ0) is 15.4. The number of piperidine rings is 1. The quantitative estimate of drug-likeness (QED) is 0.942. The van der Waals surface area contributed by atoms with Gasteiger partial charge in [0.15, 0.2) is 0 Å². The highest BCUT2D eigenvalue weighted by Gasteiger charge is 2.16. The molecule has 1 unspecified atom stereocenters. The van der Waals surface area contributed by atoms with Gasteiger partial charge in [-0.1, -0.05) is 24.3 Å². The molecule has 2 heterocycles. The van der Waals surface area contributed by atoms with E-state index in [1.165, 1.54) is 12.0 Å². The van der Waals surface area contributed by atoms with Crippen LogP contribution in [0.25, 0.3) is 0 Å². The zero-order valence-corrected chi connectivity index (χ0v) is 13.2. The Kier molecular flexibility index (Phi) is 4.71. The van der Waals surface area contributed by atoms with E-state index in [9.17, 15) is 0 Å². The van der Waals surface area contributed by atoms with E-state index in [1.807, 2.05) is 31.4 Å². The highest BCUT2D eigenvalue weighted by molar-refractivity contribution is 5.58. The lowest BCUT2D eigenvalue weighted by Gasteiger charge is -2.30. The fourth-order valence-electron chi connectivity index (χ4n) is 2.99. The number of nitrogens with two attached hydrogens (primary N) is 1. The number of pyridine rings is 1. The molecule has 0 bridgehead atoms. The lowest BCUT2D eigenvalue weighted by molar-refractivity contribution is 0.201. The monoisotopic (exact) mass is 296 g/mol. The molecule has 1 aliphatic heterocycles. The summed E-state index contributed by atoms with van der Waals surface area (Å²) in [6.07, 6.45) is 4.33. The summed E-state index contributed by atoms with van der Waals surface area (Å²) in [4.78, 5) is 9.13. The highest BCUT2D eigenvalue weighted by Crippen LogP contribution is 2.21. The van der Waals surface area contributed by atoms with Crippen molar-refractivity contribution in [2.75, 3.05) is 25.0 Å². The van der Waals surface area contributed by atoms with Crippen molar-refractivity contribution >= 4 is 11.5 Å². The number of aromatic nitrogens is 1. The number of hydrogen-bond acceptors (Lipinski definition) is 4. The third kappa shape index (κ3) is 3.64. The molecule has 0 aliphatic carbocycles. The Morgan fingerprint density at radius 3 is 2.73 bits per heavy atom. The largest absolute Gasteiger partial charge is 0.329 e. The Morgan fingerprint density at radius 2 is 2.05 bits per heavy atom. The van der Waals surface area contributed by atoms with Crippen molar-refractivity contribution in [3.8, 4) is 0 Å². The predicted octanol–water partition coefficient (Wildman–Crippen LogP) is 2.77. The van der Waals surface area contributed by atoms with E-state index >= 15 is 0 Å². The normalized spacial score (nSPS) is 19.1. The van der Waals surface area contributed by atoms with Gasteiger partial charge in [-0.15, -0.1) is 0 Å². The van der Waals surface area contributed by atoms with Crippen LogP contribution in [-0.2, 0) is 6.54 Å². The van der Waals surface area contributed by atoms with Crippen LogP contribution >= 0.6 is 0 Å². The van der Waals surface area contributed by atoms with Crippen molar-refractivity contribution in [2.45, 2.75) is 25.4 Å². The first-order chi connectivity index (χ1) is 10.7. The number of rotatable bonds is 4. The maximum atomic E-state index is 6.04. The average molecular weight is 296 g/mol. The highest BCUT2D eigenvalue weighted by atomic mass is 15.2. The fourth-order valence-corrected chi connectivity index (χ4v) is 2.99. The van der Waals surface area contributed by atoms with Gasteiger partial charge in [0.1, 0.15) is 5.82 Å². The SMILES string of the molecule is CN(c1ccccc1)c1ccc(CN2CCCC(N)C2)cn1. The van der Waals surface area contributed by atoms with Crippen molar-refractivity contribution in [2.24, 2.45) is 5.73 Å². The third-order valence-corrected chi connectivity index (χ3v) is 4.24. The minimum absolute atomic E-state index is 0.324. The van der Waals surface area contributed by atoms with Crippen molar-refractivity contribution < 1.29 is 0 Å². The van der Waals surface area contributed by atoms with Crippen LogP contribution in [0.5, 0.6) is 0 Å². The summed E-state index contributed by atoms with van der Waals surface area (Å²) >= 11 is 0. The molecule has 22 heavy (non-hydrogen) atoms. The molecule has 3 rings (SSSR count). The van der Waals surface area contributed by atoms with Crippen molar-refractivity contribution in [3.05, 3.63) is 54.2 Å². The zero-order valence-electron chi connectivity index (χ0n) is 13.2. The molecule has 1 aromatic carbocycles. The third-order valence-electron chi connectivity index (χ3n) is 4.24. The van der Waals surface area contributed by atoms with Crippen LogP contribution in [0.3, 0.4) is 0 Å². The van der Waals surface area contributed by atoms with Gasteiger partial charge in [0, 0.05) is 38.1 Å². The Morgan fingerprint density at radius 1 is 1.23 bits per heavy atom.